The number of fused-ring (bicyclic) bond motifs is 1. The summed E-state index contributed by atoms with van der Waals surface area (Å²) in [4.78, 5) is 12.7. The first-order valence-electron chi connectivity index (χ1n) is 11.7. The van der Waals surface area contributed by atoms with Crippen LogP contribution in [-0.4, -0.2) is 25.5 Å². The van der Waals surface area contributed by atoms with Gasteiger partial charge in [0.15, 0.2) is 0 Å². The molecule has 2 N–H and O–H groups in total. The molecule has 0 bridgehead atoms. The molecule has 40 heavy (non-hydrogen) atoms. The van der Waals surface area contributed by atoms with E-state index in [4.69, 9.17) is 27.9 Å². The standard InChI is InChI=1S/C27H23Cl2N3O6S.Na/c1-3-15-11-17(28)13-23(39(35,36)37)24(15)31-32-25-19-8-6-5-7-16(19)12-20(26(25)33)27(34)30-18-9-10-21(29)22(14-18)38-4-2;/h5-14,33H,3-4H2,1-2H3,(H,30,34)(H,35,36,37);/q;+1/p-1. The molecule has 0 aliphatic rings. The van der Waals surface area contributed by atoms with Gasteiger partial charge in [-0.2, -0.15) is 13.5 Å². The van der Waals surface area contributed by atoms with E-state index in [1.54, 1.807) is 56.3 Å². The molecule has 0 saturated carbocycles. The van der Waals surface area contributed by atoms with Gasteiger partial charge in [-0.1, -0.05) is 60.1 Å². The molecular weight excluding hydrogens is 588 g/mol. The summed E-state index contributed by atoms with van der Waals surface area (Å²) in [5, 5.41) is 25.7. The fraction of sp³-hybridized carbons (Fsp3) is 0.148. The van der Waals surface area contributed by atoms with Crippen molar-refractivity contribution in [2.24, 2.45) is 10.2 Å². The summed E-state index contributed by atoms with van der Waals surface area (Å²) < 4.78 is 39.3. The average molecular weight is 610 g/mol. The van der Waals surface area contributed by atoms with Crippen LogP contribution >= 0.6 is 23.2 Å². The molecule has 1 amide bonds. The summed E-state index contributed by atoms with van der Waals surface area (Å²) >= 11 is 12.2. The number of anilines is 1. The number of azo groups is 1. The number of nitrogens with zero attached hydrogens (tertiary/aromatic N) is 2. The van der Waals surface area contributed by atoms with Crippen LogP contribution in [0.25, 0.3) is 10.8 Å². The SMILES string of the molecule is CCOc1cc(NC(=O)c2cc3ccccc3c(N=Nc3c(CC)cc(Cl)cc3S(=O)(=O)O)c2[O-])ccc1Cl.[Na+]. The number of aryl methyl sites for hydroxylation is 1. The Bertz CT molecular complexity index is 1730. The molecule has 9 nitrogen and oxygen atoms in total. The number of halogens is 2. The molecule has 0 aliphatic carbocycles. The predicted molar refractivity (Wildman–Crippen MR) is 149 cm³/mol. The van der Waals surface area contributed by atoms with Crippen molar-refractivity contribution in [3.05, 3.63) is 81.8 Å². The molecule has 4 aromatic rings. The van der Waals surface area contributed by atoms with Crippen LogP contribution in [0, 0.1) is 0 Å². The van der Waals surface area contributed by atoms with E-state index in [1.165, 1.54) is 12.1 Å². The van der Waals surface area contributed by atoms with E-state index in [0.717, 1.165) is 6.07 Å². The maximum Gasteiger partial charge on any atom is 1.00 e. The van der Waals surface area contributed by atoms with Gasteiger partial charge < -0.3 is 15.2 Å². The first-order valence-corrected chi connectivity index (χ1v) is 13.9. The van der Waals surface area contributed by atoms with Crippen molar-refractivity contribution in [2.75, 3.05) is 11.9 Å². The van der Waals surface area contributed by atoms with E-state index in [0.29, 0.717) is 45.8 Å². The Kier molecular flexibility index (Phi) is 10.6. The van der Waals surface area contributed by atoms with Crippen LogP contribution < -0.4 is 44.7 Å². The molecule has 0 aliphatic heterocycles. The number of hydrogen-bond acceptors (Lipinski definition) is 7. The number of rotatable bonds is 8. The van der Waals surface area contributed by atoms with Gasteiger partial charge in [-0.15, -0.1) is 5.11 Å². The Morgan fingerprint density at radius 3 is 2.40 bits per heavy atom. The van der Waals surface area contributed by atoms with Crippen LogP contribution in [0.2, 0.25) is 10.0 Å². The molecule has 0 spiro atoms. The molecule has 4 rings (SSSR count). The maximum absolute atomic E-state index is 13.5. The summed E-state index contributed by atoms with van der Waals surface area (Å²) in [5.74, 6) is -1.06. The van der Waals surface area contributed by atoms with Crippen molar-refractivity contribution in [3.8, 4) is 11.5 Å². The fourth-order valence-corrected chi connectivity index (χ4v) is 5.10. The molecule has 202 valence electrons. The minimum atomic E-state index is -4.71. The van der Waals surface area contributed by atoms with Crippen LogP contribution in [-0.2, 0) is 16.5 Å². The summed E-state index contributed by atoms with van der Waals surface area (Å²) in [7, 11) is -4.71. The van der Waals surface area contributed by atoms with Crippen LogP contribution in [0.5, 0.6) is 11.5 Å². The van der Waals surface area contributed by atoms with E-state index in [-0.39, 0.29) is 51.5 Å². The number of ether oxygens (including phenoxy) is 1. The van der Waals surface area contributed by atoms with Gasteiger partial charge in [-0.05, 0) is 54.6 Å². The molecule has 0 atom stereocenters. The predicted octanol–water partition coefficient (Wildman–Crippen LogP) is 4.10. The quantitative estimate of drug-likeness (QED) is 0.175. The number of carbonyl (C=O) groups is 1. The second-order valence-electron chi connectivity index (χ2n) is 8.30. The summed E-state index contributed by atoms with van der Waals surface area (Å²) in [6.45, 7) is 3.90. The van der Waals surface area contributed by atoms with Gasteiger partial charge in [0, 0.05) is 27.7 Å². The van der Waals surface area contributed by atoms with Crippen LogP contribution in [0.3, 0.4) is 0 Å². The first-order chi connectivity index (χ1) is 18.5. The smallest absolute Gasteiger partial charge is 0.870 e. The summed E-state index contributed by atoms with van der Waals surface area (Å²) in [6, 6.07) is 15.4. The first kappa shape index (κ1) is 31.8. The van der Waals surface area contributed by atoms with Gasteiger partial charge in [0.25, 0.3) is 16.0 Å². The Morgan fingerprint density at radius 2 is 1.73 bits per heavy atom. The van der Waals surface area contributed by atoms with Crippen LogP contribution in [0.1, 0.15) is 29.8 Å². The Hall–Kier alpha value is -2.70. The largest absolute Gasteiger partial charge is 1.00 e. The monoisotopic (exact) mass is 609 g/mol. The third-order valence-corrected chi connectivity index (χ3v) is 7.13. The van der Waals surface area contributed by atoms with E-state index in [2.05, 4.69) is 15.5 Å². The second-order valence-corrected chi connectivity index (χ2v) is 10.5. The van der Waals surface area contributed by atoms with Gasteiger partial charge in [0.1, 0.15) is 16.3 Å². The molecule has 0 unspecified atom stereocenters. The van der Waals surface area contributed by atoms with Crippen molar-refractivity contribution in [1.29, 1.82) is 0 Å². The third-order valence-electron chi connectivity index (χ3n) is 5.74. The van der Waals surface area contributed by atoms with Gasteiger partial charge in [0.05, 0.1) is 17.3 Å². The molecule has 4 aromatic carbocycles. The number of carbonyl (C=O) groups excluding carboxylic acids is 1. The van der Waals surface area contributed by atoms with Crippen LogP contribution in [0.15, 0.2) is 75.8 Å². The number of benzene rings is 4. The zero-order valence-corrected chi connectivity index (χ0v) is 26.1. The molecule has 0 aromatic heterocycles. The number of nitrogens with one attached hydrogen (secondary N) is 1. The van der Waals surface area contributed by atoms with E-state index >= 15 is 0 Å². The Morgan fingerprint density at radius 1 is 1.02 bits per heavy atom. The second kappa shape index (κ2) is 13.3. The molecule has 13 heteroatoms. The zero-order valence-electron chi connectivity index (χ0n) is 21.7. The van der Waals surface area contributed by atoms with E-state index in [1.807, 2.05) is 0 Å². The van der Waals surface area contributed by atoms with E-state index < -0.39 is 26.7 Å². The summed E-state index contributed by atoms with van der Waals surface area (Å²) in [6.07, 6.45) is 0.315. The van der Waals surface area contributed by atoms with Crippen molar-refractivity contribution >= 4 is 67.1 Å². The van der Waals surface area contributed by atoms with Crippen molar-refractivity contribution in [3.63, 3.8) is 0 Å². The molecule has 0 heterocycles. The van der Waals surface area contributed by atoms with Crippen molar-refractivity contribution in [1.82, 2.24) is 0 Å². The number of amides is 1. The van der Waals surface area contributed by atoms with Gasteiger partial charge >= 0.3 is 29.6 Å². The van der Waals surface area contributed by atoms with Crippen molar-refractivity contribution < 1.29 is 57.2 Å². The molecular formula is C27H22Cl2N3NaO6S. The molecule has 0 fully saturated rings. The number of hydrogen-bond donors (Lipinski definition) is 2. The molecule has 0 saturated heterocycles. The van der Waals surface area contributed by atoms with Crippen LogP contribution in [0.4, 0.5) is 17.1 Å². The topological polar surface area (TPSA) is 140 Å². The summed E-state index contributed by atoms with van der Waals surface area (Å²) in [5.41, 5.74) is 0.194. The Labute approximate surface area is 263 Å². The Balaban J connectivity index is 0.00000441. The minimum absolute atomic E-state index is 0. The van der Waals surface area contributed by atoms with E-state index in [9.17, 15) is 22.9 Å². The maximum atomic E-state index is 13.5. The normalized spacial score (nSPS) is 11.4. The fourth-order valence-electron chi connectivity index (χ4n) is 3.93. The minimum Gasteiger partial charge on any atom is -0.870 e. The van der Waals surface area contributed by atoms with Gasteiger partial charge in [0.2, 0.25) is 0 Å². The molecule has 0 radical (unpaired) electrons. The zero-order chi connectivity index (χ0) is 28.3. The average Bonchev–Trinajstić information content (AvgIpc) is 2.89. The van der Waals surface area contributed by atoms with Gasteiger partial charge in [-0.25, -0.2) is 0 Å². The van der Waals surface area contributed by atoms with Gasteiger partial charge in [-0.3, -0.25) is 9.35 Å². The third kappa shape index (κ3) is 6.95. The van der Waals surface area contributed by atoms with Crippen molar-refractivity contribution in [2.45, 2.75) is 25.2 Å².